The minimum Gasteiger partial charge on any atom is -0.481 e. The lowest BCUT2D eigenvalue weighted by atomic mass is 10.2. The molecule has 27 heavy (non-hydrogen) atoms. The monoisotopic (exact) mass is 427 g/mol. The Labute approximate surface area is 163 Å². The van der Waals surface area contributed by atoms with E-state index in [1.807, 2.05) is 30.3 Å². The van der Waals surface area contributed by atoms with Crippen LogP contribution >= 0.6 is 15.9 Å². The molecule has 0 saturated heterocycles. The lowest BCUT2D eigenvalue weighted by Crippen LogP contribution is -2.10. The summed E-state index contributed by atoms with van der Waals surface area (Å²) in [5.74, 6) is -0.435. The van der Waals surface area contributed by atoms with Crippen LogP contribution in [-0.2, 0) is 4.79 Å². The van der Waals surface area contributed by atoms with E-state index in [4.69, 9.17) is 9.84 Å². The van der Waals surface area contributed by atoms with E-state index in [-0.39, 0.29) is 5.95 Å². The predicted molar refractivity (Wildman–Crippen MR) is 104 cm³/mol. The molecule has 3 aromatic rings. The number of ether oxygens (including phenoxy) is 1. The molecule has 0 saturated carbocycles. The van der Waals surface area contributed by atoms with Crippen LogP contribution in [0.2, 0.25) is 0 Å². The summed E-state index contributed by atoms with van der Waals surface area (Å²) in [5.41, 5.74) is 4.88. The molecule has 0 atom stereocenters. The number of nitrogens with zero attached hydrogens (tertiary/aromatic N) is 4. The van der Waals surface area contributed by atoms with Crippen molar-refractivity contribution < 1.29 is 14.6 Å². The van der Waals surface area contributed by atoms with Gasteiger partial charge in [-0.25, -0.2) is 15.2 Å². The lowest BCUT2D eigenvalue weighted by Gasteiger charge is -2.07. The van der Waals surface area contributed by atoms with Crippen molar-refractivity contribution in [2.24, 2.45) is 5.10 Å². The molecule has 2 N–H and O–H groups in total. The van der Waals surface area contributed by atoms with Crippen LogP contribution in [0.15, 0.2) is 64.3 Å². The molecule has 9 heteroatoms. The highest BCUT2D eigenvalue weighted by molar-refractivity contribution is 9.10. The van der Waals surface area contributed by atoms with Gasteiger partial charge in [-0.15, -0.1) is 5.10 Å². The molecule has 3 rings (SSSR count). The normalized spacial score (nSPS) is 10.7. The smallest absolute Gasteiger partial charge is 0.341 e. The van der Waals surface area contributed by atoms with Crippen molar-refractivity contribution in [1.29, 1.82) is 0 Å². The first-order valence-electron chi connectivity index (χ1n) is 7.80. The Bertz CT molecular complexity index is 966. The molecule has 0 aliphatic heterocycles. The van der Waals surface area contributed by atoms with Gasteiger partial charge in [0.25, 0.3) is 5.95 Å². The van der Waals surface area contributed by atoms with Crippen molar-refractivity contribution in [3.8, 4) is 17.0 Å². The number of carbonyl (C=O) groups is 1. The summed E-state index contributed by atoms with van der Waals surface area (Å²) in [6.07, 6.45) is 3.05. The number of carboxylic acids is 1. The number of rotatable bonds is 7. The largest absolute Gasteiger partial charge is 0.481 e. The summed E-state index contributed by atoms with van der Waals surface area (Å²) >= 11 is 3.36. The topological polar surface area (TPSA) is 110 Å². The summed E-state index contributed by atoms with van der Waals surface area (Å²) in [7, 11) is 0. The Hall–Kier alpha value is -3.33. The third-order valence-corrected chi connectivity index (χ3v) is 3.81. The SMILES string of the molecule is O=C(O)COc1ccc(Br)cc1C=NNc1nncc(-c2ccccc2)n1. The Kier molecular flexibility index (Phi) is 6.06. The maximum absolute atomic E-state index is 10.7. The molecular formula is C18H14BrN5O3. The molecular weight excluding hydrogens is 414 g/mol. The van der Waals surface area contributed by atoms with E-state index in [0.717, 1.165) is 10.0 Å². The first kappa shape index (κ1) is 18.5. The van der Waals surface area contributed by atoms with Crippen molar-refractivity contribution in [3.63, 3.8) is 0 Å². The second-order valence-electron chi connectivity index (χ2n) is 5.27. The zero-order chi connectivity index (χ0) is 19.1. The highest BCUT2D eigenvalue weighted by Crippen LogP contribution is 2.22. The van der Waals surface area contributed by atoms with Crippen molar-refractivity contribution in [3.05, 3.63) is 64.8 Å². The first-order chi connectivity index (χ1) is 13.1. The number of carboxylic acid groups (broad SMARTS) is 1. The van der Waals surface area contributed by atoms with E-state index in [9.17, 15) is 4.79 Å². The van der Waals surface area contributed by atoms with Crippen LogP contribution in [0.4, 0.5) is 5.95 Å². The number of benzene rings is 2. The number of anilines is 1. The average molecular weight is 428 g/mol. The van der Waals surface area contributed by atoms with Gasteiger partial charge in [0, 0.05) is 15.6 Å². The molecule has 1 aromatic heterocycles. The number of nitrogens with one attached hydrogen (secondary N) is 1. The number of aliphatic carboxylic acids is 1. The minimum absolute atomic E-state index is 0.232. The Morgan fingerprint density at radius 3 is 2.85 bits per heavy atom. The van der Waals surface area contributed by atoms with Crippen LogP contribution in [0.5, 0.6) is 5.75 Å². The first-order valence-corrected chi connectivity index (χ1v) is 8.59. The fourth-order valence-corrected chi connectivity index (χ4v) is 2.53. The van der Waals surface area contributed by atoms with Crippen LogP contribution in [0.3, 0.4) is 0 Å². The summed E-state index contributed by atoms with van der Waals surface area (Å²) in [6.45, 7) is -0.442. The summed E-state index contributed by atoms with van der Waals surface area (Å²) < 4.78 is 6.05. The molecule has 1 heterocycles. The van der Waals surface area contributed by atoms with Crippen molar-refractivity contribution in [2.45, 2.75) is 0 Å². The van der Waals surface area contributed by atoms with Gasteiger partial charge >= 0.3 is 5.97 Å². The molecule has 0 aliphatic rings. The van der Waals surface area contributed by atoms with Gasteiger partial charge in [-0.2, -0.15) is 10.2 Å². The number of hydrogen-bond acceptors (Lipinski definition) is 7. The molecule has 8 nitrogen and oxygen atoms in total. The van der Waals surface area contributed by atoms with E-state index in [2.05, 4.69) is 41.6 Å². The van der Waals surface area contributed by atoms with Crippen molar-refractivity contribution in [2.75, 3.05) is 12.0 Å². The summed E-state index contributed by atoms with van der Waals surface area (Å²) in [4.78, 5) is 15.1. The Morgan fingerprint density at radius 2 is 2.07 bits per heavy atom. The van der Waals surface area contributed by atoms with E-state index in [0.29, 0.717) is 17.0 Å². The van der Waals surface area contributed by atoms with Gasteiger partial charge in [-0.3, -0.25) is 0 Å². The molecule has 0 fully saturated rings. The maximum atomic E-state index is 10.7. The van der Waals surface area contributed by atoms with Crippen LogP contribution < -0.4 is 10.2 Å². The third kappa shape index (κ3) is 5.32. The number of halogens is 1. The van der Waals surface area contributed by atoms with Gasteiger partial charge in [0.05, 0.1) is 18.1 Å². The van der Waals surface area contributed by atoms with Crippen LogP contribution in [-0.4, -0.2) is 39.1 Å². The van der Waals surface area contributed by atoms with E-state index in [1.54, 1.807) is 24.4 Å². The Balaban J connectivity index is 1.74. The van der Waals surface area contributed by atoms with Crippen molar-refractivity contribution >= 4 is 34.1 Å². The molecule has 0 bridgehead atoms. The zero-order valence-corrected chi connectivity index (χ0v) is 15.5. The maximum Gasteiger partial charge on any atom is 0.341 e. The lowest BCUT2D eigenvalue weighted by molar-refractivity contribution is -0.139. The summed E-state index contributed by atoms with van der Waals surface area (Å²) in [6, 6.07) is 14.7. The van der Waals surface area contributed by atoms with Gasteiger partial charge in [-0.1, -0.05) is 46.3 Å². The van der Waals surface area contributed by atoms with Crippen LogP contribution in [0.1, 0.15) is 5.56 Å². The fraction of sp³-hybridized carbons (Fsp3) is 0.0556. The fourth-order valence-electron chi connectivity index (χ4n) is 2.15. The number of aromatic nitrogens is 3. The highest BCUT2D eigenvalue weighted by Gasteiger charge is 2.06. The van der Waals surface area contributed by atoms with Gasteiger partial charge in [0.1, 0.15) is 5.75 Å². The summed E-state index contributed by atoms with van der Waals surface area (Å²) in [5, 5.41) is 20.7. The average Bonchev–Trinajstić information content (AvgIpc) is 2.68. The standard InChI is InChI=1S/C18H14BrN5O3/c19-14-6-7-16(27-11-17(25)26)13(8-14)9-20-23-18-22-15(10-21-24-18)12-4-2-1-3-5-12/h1-10H,11H2,(H,25,26)(H,22,23,24). The quantitative estimate of drug-likeness (QED) is 0.439. The van der Waals surface area contributed by atoms with Crippen molar-refractivity contribution in [1.82, 2.24) is 15.2 Å². The minimum atomic E-state index is -1.06. The molecule has 0 aliphatic carbocycles. The molecule has 0 radical (unpaired) electrons. The second-order valence-corrected chi connectivity index (χ2v) is 6.18. The van der Waals surface area contributed by atoms with Gasteiger partial charge < -0.3 is 9.84 Å². The molecule has 136 valence electrons. The second kappa shape index (κ2) is 8.86. The van der Waals surface area contributed by atoms with Gasteiger partial charge in [0.2, 0.25) is 0 Å². The van der Waals surface area contributed by atoms with Crippen LogP contribution in [0.25, 0.3) is 11.3 Å². The van der Waals surface area contributed by atoms with Crippen LogP contribution in [0, 0.1) is 0 Å². The predicted octanol–water partition coefficient (Wildman–Crippen LogP) is 3.21. The van der Waals surface area contributed by atoms with Gasteiger partial charge in [0.15, 0.2) is 6.61 Å². The van der Waals surface area contributed by atoms with E-state index >= 15 is 0 Å². The molecule has 2 aromatic carbocycles. The molecule has 0 unspecified atom stereocenters. The number of hydrazone groups is 1. The number of hydrogen-bond donors (Lipinski definition) is 2. The van der Waals surface area contributed by atoms with E-state index in [1.165, 1.54) is 6.21 Å². The zero-order valence-electron chi connectivity index (χ0n) is 13.9. The van der Waals surface area contributed by atoms with Gasteiger partial charge in [-0.05, 0) is 18.2 Å². The Morgan fingerprint density at radius 1 is 1.26 bits per heavy atom. The third-order valence-electron chi connectivity index (χ3n) is 3.32. The highest BCUT2D eigenvalue weighted by atomic mass is 79.9. The van der Waals surface area contributed by atoms with E-state index < -0.39 is 12.6 Å². The molecule has 0 amide bonds. The molecule has 0 spiro atoms.